The van der Waals surface area contributed by atoms with Crippen LogP contribution in [0.1, 0.15) is 22.8 Å². The number of fused-ring (bicyclic) bond motifs is 1. The van der Waals surface area contributed by atoms with Crippen molar-refractivity contribution in [3.63, 3.8) is 0 Å². The van der Waals surface area contributed by atoms with Gasteiger partial charge < -0.3 is 24.7 Å². The summed E-state index contributed by atoms with van der Waals surface area (Å²) in [5, 5.41) is 30.8. The molecule has 27 heavy (non-hydrogen) atoms. The van der Waals surface area contributed by atoms with E-state index < -0.39 is 27.9 Å². The maximum atomic E-state index is 12.4. The number of nitro groups is 1. The molecule has 0 saturated carbocycles. The largest absolute Gasteiger partial charge is 0.500 e. The Kier molecular flexibility index (Phi) is 4.21. The molecule has 0 radical (unpaired) electrons. The lowest BCUT2D eigenvalue weighted by Crippen LogP contribution is -2.26. The van der Waals surface area contributed by atoms with Crippen molar-refractivity contribution in [1.82, 2.24) is 0 Å². The summed E-state index contributed by atoms with van der Waals surface area (Å²) in [6, 6.07) is 5.62. The van der Waals surface area contributed by atoms with E-state index in [1.165, 1.54) is 26.2 Å². The van der Waals surface area contributed by atoms with Crippen LogP contribution in [0.4, 0.5) is 5.69 Å². The Morgan fingerprint density at radius 3 is 2.70 bits per heavy atom. The number of hydrogen-bond donors (Lipinski definition) is 2. The molecule has 2 heterocycles. The van der Waals surface area contributed by atoms with Gasteiger partial charge in [0.15, 0.2) is 5.75 Å². The Bertz CT molecular complexity index is 1090. The molecule has 0 unspecified atom stereocenters. The summed E-state index contributed by atoms with van der Waals surface area (Å²) < 4.78 is 15.4. The number of nitro benzene ring substituents is 1. The first-order valence-corrected chi connectivity index (χ1v) is 7.56. The van der Waals surface area contributed by atoms with Gasteiger partial charge in [-0.05, 0) is 18.6 Å². The van der Waals surface area contributed by atoms with Crippen LogP contribution in [-0.4, -0.2) is 17.1 Å². The van der Waals surface area contributed by atoms with Gasteiger partial charge >= 0.3 is 11.3 Å². The molecular weight excluding hydrogens is 358 g/mol. The van der Waals surface area contributed by atoms with Gasteiger partial charge in [0.25, 0.3) is 0 Å². The van der Waals surface area contributed by atoms with Crippen molar-refractivity contribution >= 4 is 5.69 Å². The minimum Gasteiger partial charge on any atom is -0.500 e. The van der Waals surface area contributed by atoms with Crippen LogP contribution in [0.5, 0.6) is 17.2 Å². The lowest BCUT2D eigenvalue weighted by atomic mass is 9.84. The normalized spacial score (nSPS) is 15.5. The molecule has 1 aromatic heterocycles. The van der Waals surface area contributed by atoms with Crippen molar-refractivity contribution in [2.45, 2.75) is 12.8 Å². The van der Waals surface area contributed by atoms with Gasteiger partial charge in [-0.3, -0.25) is 10.1 Å². The van der Waals surface area contributed by atoms with Crippen LogP contribution in [0.25, 0.3) is 0 Å². The summed E-state index contributed by atoms with van der Waals surface area (Å²) in [6.07, 6.45) is 0. The first-order valence-electron chi connectivity index (χ1n) is 7.56. The molecule has 1 aromatic carbocycles. The number of phenols is 1. The van der Waals surface area contributed by atoms with Gasteiger partial charge in [-0.15, -0.1) is 0 Å². The highest BCUT2D eigenvalue weighted by molar-refractivity contribution is 5.62. The standard InChI is InChI=1S/C17H13N3O7/c1-7-3-11-14(17(22)26-7)13(9(6-18)16(19)27-11)8-4-10(20(23)24)15(21)12(5-8)25-2/h3-5,13,21H,19H2,1-2H3/t13-/m1/s1. The molecule has 10 nitrogen and oxygen atoms in total. The molecule has 0 fully saturated rings. The maximum absolute atomic E-state index is 12.4. The highest BCUT2D eigenvalue weighted by Gasteiger charge is 2.36. The quantitative estimate of drug-likeness (QED) is 0.605. The first kappa shape index (κ1) is 17.8. The molecule has 10 heteroatoms. The zero-order chi connectivity index (χ0) is 19.9. The molecule has 3 N–H and O–H groups in total. The highest BCUT2D eigenvalue weighted by atomic mass is 16.6. The van der Waals surface area contributed by atoms with E-state index in [2.05, 4.69) is 0 Å². The average Bonchev–Trinajstić information content (AvgIpc) is 2.60. The number of nitriles is 1. The van der Waals surface area contributed by atoms with Gasteiger partial charge in [0.1, 0.15) is 23.2 Å². The van der Waals surface area contributed by atoms with Crippen LogP contribution in [0.3, 0.4) is 0 Å². The molecule has 1 aliphatic heterocycles. The number of nitrogens with zero attached hydrogens (tertiary/aromatic N) is 2. The molecule has 2 aromatic rings. The van der Waals surface area contributed by atoms with Crippen LogP contribution in [0.2, 0.25) is 0 Å². The van der Waals surface area contributed by atoms with Gasteiger partial charge in [0.2, 0.25) is 11.6 Å². The topological polar surface area (TPSA) is 162 Å². The SMILES string of the molecule is COc1cc([C@@H]2C(C#N)=C(N)Oc3cc(C)oc(=O)c32)cc([N+](=O)[O-])c1O. The predicted molar refractivity (Wildman–Crippen MR) is 90.3 cm³/mol. The van der Waals surface area contributed by atoms with Crippen molar-refractivity contribution in [1.29, 1.82) is 5.26 Å². The lowest BCUT2D eigenvalue weighted by Gasteiger charge is -2.25. The third-order valence-corrected chi connectivity index (χ3v) is 4.08. The molecule has 3 rings (SSSR count). The van der Waals surface area contributed by atoms with Crippen LogP contribution >= 0.6 is 0 Å². The molecule has 138 valence electrons. The van der Waals surface area contributed by atoms with Crippen LogP contribution < -0.4 is 20.8 Å². The zero-order valence-electron chi connectivity index (χ0n) is 14.2. The molecule has 1 aliphatic rings. The summed E-state index contributed by atoms with van der Waals surface area (Å²) in [5.41, 5.74) is 4.37. The van der Waals surface area contributed by atoms with Gasteiger partial charge in [-0.2, -0.15) is 5.26 Å². The molecule has 0 bridgehead atoms. The second kappa shape index (κ2) is 6.38. The Labute approximate surface area is 151 Å². The van der Waals surface area contributed by atoms with Crippen molar-refractivity contribution in [3.8, 4) is 23.3 Å². The lowest BCUT2D eigenvalue weighted by molar-refractivity contribution is -0.386. The number of rotatable bonds is 3. The van der Waals surface area contributed by atoms with Crippen LogP contribution in [-0.2, 0) is 0 Å². The minimum atomic E-state index is -1.09. The number of aromatic hydroxyl groups is 1. The number of aryl methyl sites for hydroxylation is 1. The summed E-state index contributed by atoms with van der Waals surface area (Å²) in [6.45, 7) is 1.54. The fourth-order valence-electron chi connectivity index (χ4n) is 2.93. The van der Waals surface area contributed by atoms with E-state index in [-0.39, 0.29) is 39.8 Å². The van der Waals surface area contributed by atoms with Gasteiger partial charge in [0, 0.05) is 12.1 Å². The van der Waals surface area contributed by atoms with Crippen molar-refractivity contribution in [3.05, 3.63) is 67.1 Å². The second-order valence-electron chi connectivity index (χ2n) is 5.70. The van der Waals surface area contributed by atoms with E-state index in [1.807, 2.05) is 6.07 Å². The summed E-state index contributed by atoms with van der Waals surface area (Å²) >= 11 is 0. The number of hydrogen-bond acceptors (Lipinski definition) is 9. The number of ether oxygens (including phenoxy) is 2. The van der Waals surface area contributed by atoms with E-state index in [0.29, 0.717) is 0 Å². The maximum Gasteiger partial charge on any atom is 0.343 e. The van der Waals surface area contributed by atoms with Crippen LogP contribution in [0, 0.1) is 28.4 Å². The fourth-order valence-corrected chi connectivity index (χ4v) is 2.93. The Morgan fingerprint density at radius 2 is 2.11 bits per heavy atom. The number of methoxy groups -OCH3 is 1. The molecule has 0 saturated heterocycles. The Morgan fingerprint density at radius 1 is 1.41 bits per heavy atom. The molecular formula is C17H13N3O7. The molecule has 0 amide bonds. The number of benzene rings is 1. The van der Waals surface area contributed by atoms with Gasteiger partial charge in [-0.1, -0.05) is 0 Å². The average molecular weight is 371 g/mol. The van der Waals surface area contributed by atoms with E-state index >= 15 is 0 Å². The van der Waals surface area contributed by atoms with E-state index in [4.69, 9.17) is 19.6 Å². The van der Waals surface area contributed by atoms with Gasteiger partial charge in [0.05, 0.1) is 23.5 Å². The third kappa shape index (κ3) is 2.81. The second-order valence-corrected chi connectivity index (χ2v) is 5.70. The Hall–Kier alpha value is -4.00. The van der Waals surface area contributed by atoms with Crippen molar-refractivity contribution in [2.75, 3.05) is 7.11 Å². The predicted octanol–water partition coefficient (Wildman–Crippen LogP) is 1.79. The van der Waals surface area contributed by atoms with E-state index in [9.17, 15) is 25.3 Å². The van der Waals surface area contributed by atoms with Crippen molar-refractivity contribution in [2.24, 2.45) is 5.73 Å². The zero-order valence-corrected chi connectivity index (χ0v) is 14.2. The molecule has 1 atom stereocenters. The van der Waals surface area contributed by atoms with Crippen LogP contribution in [0.15, 0.2) is 38.9 Å². The molecule has 0 spiro atoms. The number of phenolic OH excluding ortho intramolecular Hbond substituents is 1. The van der Waals surface area contributed by atoms with E-state index in [0.717, 1.165) is 6.07 Å². The number of nitrogens with two attached hydrogens (primary N) is 1. The fraction of sp³-hybridized carbons (Fsp3) is 0.176. The third-order valence-electron chi connectivity index (χ3n) is 4.08. The summed E-state index contributed by atoms with van der Waals surface area (Å²) in [7, 11) is 1.22. The molecule has 0 aliphatic carbocycles. The Balaban J connectivity index is 2.37. The van der Waals surface area contributed by atoms with Gasteiger partial charge in [-0.25, -0.2) is 4.79 Å². The first-order chi connectivity index (χ1) is 12.8. The monoisotopic (exact) mass is 371 g/mol. The van der Waals surface area contributed by atoms with E-state index in [1.54, 1.807) is 0 Å². The summed E-state index contributed by atoms with van der Waals surface area (Å²) in [5.74, 6) is -1.86. The smallest absolute Gasteiger partial charge is 0.343 e. The minimum absolute atomic E-state index is 0.0339. The highest BCUT2D eigenvalue weighted by Crippen LogP contribution is 2.45. The number of allylic oxidation sites excluding steroid dienone is 1. The van der Waals surface area contributed by atoms with Crippen molar-refractivity contribution < 1.29 is 23.9 Å². The summed E-state index contributed by atoms with van der Waals surface area (Å²) in [4.78, 5) is 22.9.